The molecule has 0 radical (unpaired) electrons. The third-order valence-electron chi connectivity index (χ3n) is 5.52. The molecule has 1 aromatic heterocycles. The van der Waals surface area contributed by atoms with Crippen LogP contribution in [0.5, 0.6) is 0 Å². The highest BCUT2D eigenvalue weighted by Crippen LogP contribution is 2.38. The quantitative estimate of drug-likeness (QED) is 0.926. The molecule has 4 rings (SSSR count). The van der Waals surface area contributed by atoms with Crippen molar-refractivity contribution in [2.75, 3.05) is 11.9 Å². The van der Waals surface area contributed by atoms with E-state index >= 15 is 0 Å². The predicted molar refractivity (Wildman–Crippen MR) is 101 cm³/mol. The van der Waals surface area contributed by atoms with E-state index in [1.54, 1.807) is 4.90 Å². The molecule has 26 heavy (non-hydrogen) atoms. The van der Waals surface area contributed by atoms with Crippen LogP contribution < -0.4 is 10.2 Å². The number of anilines is 1. The van der Waals surface area contributed by atoms with Crippen LogP contribution in [0.2, 0.25) is 0 Å². The molecule has 2 amide bonds. The summed E-state index contributed by atoms with van der Waals surface area (Å²) in [7, 11) is 1.83. The number of hydrogen-bond acceptors (Lipinski definition) is 3. The Kier molecular flexibility index (Phi) is 4.23. The SMILES string of the molecule is CCC(=O)N[C@@H]1CCCc2c(-c3ccc4c(c3)N(C)C(=O)C4)cncc21. The zero-order chi connectivity index (χ0) is 18.3. The Hall–Kier alpha value is -2.69. The van der Waals surface area contributed by atoms with Crippen LogP contribution >= 0.6 is 0 Å². The van der Waals surface area contributed by atoms with Gasteiger partial charge in [-0.1, -0.05) is 19.1 Å². The topological polar surface area (TPSA) is 62.3 Å². The first kappa shape index (κ1) is 16.8. The van der Waals surface area contributed by atoms with Gasteiger partial charge in [0.05, 0.1) is 12.5 Å². The van der Waals surface area contributed by atoms with Gasteiger partial charge < -0.3 is 10.2 Å². The van der Waals surface area contributed by atoms with Crippen molar-refractivity contribution in [1.82, 2.24) is 10.3 Å². The minimum Gasteiger partial charge on any atom is -0.349 e. The van der Waals surface area contributed by atoms with Crippen molar-refractivity contribution in [2.45, 2.75) is 45.1 Å². The molecule has 0 saturated carbocycles. The summed E-state index contributed by atoms with van der Waals surface area (Å²) in [5.74, 6) is 0.207. The van der Waals surface area contributed by atoms with Crippen LogP contribution in [-0.2, 0) is 22.4 Å². The van der Waals surface area contributed by atoms with Crippen molar-refractivity contribution >= 4 is 17.5 Å². The lowest BCUT2D eigenvalue weighted by molar-refractivity contribution is -0.121. The number of hydrogen-bond donors (Lipinski definition) is 1. The van der Waals surface area contributed by atoms with Crippen LogP contribution in [0.25, 0.3) is 11.1 Å². The van der Waals surface area contributed by atoms with Gasteiger partial charge in [0.1, 0.15) is 0 Å². The Balaban J connectivity index is 1.74. The van der Waals surface area contributed by atoms with Gasteiger partial charge in [-0.05, 0) is 47.6 Å². The zero-order valence-electron chi connectivity index (χ0n) is 15.2. The highest BCUT2D eigenvalue weighted by Gasteiger charge is 2.27. The Morgan fingerprint density at radius 1 is 1.35 bits per heavy atom. The van der Waals surface area contributed by atoms with Crippen LogP contribution in [0.1, 0.15) is 48.9 Å². The van der Waals surface area contributed by atoms with E-state index in [2.05, 4.69) is 22.4 Å². The van der Waals surface area contributed by atoms with Gasteiger partial charge in [0.2, 0.25) is 11.8 Å². The lowest BCUT2D eigenvalue weighted by Crippen LogP contribution is -2.30. The van der Waals surface area contributed by atoms with Gasteiger partial charge in [-0.3, -0.25) is 14.6 Å². The Labute approximate surface area is 153 Å². The molecule has 0 saturated heterocycles. The van der Waals surface area contributed by atoms with E-state index in [0.29, 0.717) is 12.8 Å². The summed E-state index contributed by atoms with van der Waals surface area (Å²) in [6.45, 7) is 1.87. The summed E-state index contributed by atoms with van der Waals surface area (Å²) in [5.41, 5.74) is 6.63. The first-order chi connectivity index (χ1) is 12.6. The number of carbonyl (C=O) groups excluding carboxylic acids is 2. The monoisotopic (exact) mass is 349 g/mol. The summed E-state index contributed by atoms with van der Waals surface area (Å²) in [6.07, 6.45) is 7.74. The molecule has 5 nitrogen and oxygen atoms in total. The van der Waals surface area contributed by atoms with E-state index in [1.807, 2.05) is 32.4 Å². The summed E-state index contributed by atoms with van der Waals surface area (Å²) < 4.78 is 0. The minimum absolute atomic E-state index is 0.0392. The summed E-state index contributed by atoms with van der Waals surface area (Å²) in [6, 6.07) is 6.25. The van der Waals surface area contributed by atoms with Crippen LogP contribution in [-0.4, -0.2) is 23.8 Å². The standard InChI is InChI=1S/C21H23N3O2/c1-3-20(25)23-18-6-4-5-15-16(11-22-12-17(15)18)13-7-8-14-10-21(26)24(2)19(14)9-13/h7-9,11-12,18H,3-6,10H2,1-2H3,(H,23,25)/t18-/m1/s1. The number of aromatic nitrogens is 1. The van der Waals surface area contributed by atoms with Gasteiger partial charge in [0, 0.05) is 37.1 Å². The van der Waals surface area contributed by atoms with Crippen molar-refractivity contribution in [3.8, 4) is 11.1 Å². The Bertz CT molecular complexity index is 891. The normalized spacial score (nSPS) is 18.5. The number of benzene rings is 1. The van der Waals surface area contributed by atoms with Crippen LogP contribution in [0.3, 0.4) is 0 Å². The third kappa shape index (κ3) is 2.77. The molecular formula is C21H23N3O2. The summed E-state index contributed by atoms with van der Waals surface area (Å²) in [4.78, 5) is 30.0. The first-order valence-electron chi connectivity index (χ1n) is 9.24. The molecule has 2 aromatic rings. The molecule has 2 heterocycles. The van der Waals surface area contributed by atoms with Crippen molar-refractivity contribution < 1.29 is 9.59 Å². The maximum Gasteiger partial charge on any atom is 0.231 e. The molecule has 134 valence electrons. The Morgan fingerprint density at radius 3 is 3.00 bits per heavy atom. The third-order valence-corrected chi connectivity index (χ3v) is 5.52. The van der Waals surface area contributed by atoms with Gasteiger partial charge in [-0.15, -0.1) is 0 Å². The maximum atomic E-state index is 12.0. The van der Waals surface area contributed by atoms with E-state index in [9.17, 15) is 9.59 Å². The molecule has 0 bridgehead atoms. The highest BCUT2D eigenvalue weighted by atomic mass is 16.2. The average Bonchev–Trinajstić information content (AvgIpc) is 2.95. The van der Waals surface area contributed by atoms with E-state index in [-0.39, 0.29) is 17.9 Å². The summed E-state index contributed by atoms with van der Waals surface area (Å²) in [5, 5.41) is 3.13. The van der Waals surface area contributed by atoms with Crippen molar-refractivity contribution in [2.24, 2.45) is 0 Å². The molecule has 1 aliphatic heterocycles. The molecule has 1 N–H and O–H groups in total. The average molecular weight is 349 g/mol. The van der Waals surface area contributed by atoms with Crippen molar-refractivity contribution in [1.29, 1.82) is 0 Å². The largest absolute Gasteiger partial charge is 0.349 e. The van der Waals surface area contributed by atoms with Gasteiger partial charge >= 0.3 is 0 Å². The molecule has 0 unspecified atom stereocenters. The van der Waals surface area contributed by atoms with E-state index in [4.69, 9.17) is 0 Å². The molecular weight excluding hydrogens is 326 g/mol. The molecule has 5 heteroatoms. The van der Waals surface area contributed by atoms with Gasteiger partial charge in [-0.2, -0.15) is 0 Å². The molecule has 1 aliphatic carbocycles. The van der Waals surface area contributed by atoms with Crippen molar-refractivity contribution in [3.05, 3.63) is 47.3 Å². The molecule has 2 aliphatic rings. The fourth-order valence-corrected chi connectivity index (χ4v) is 4.03. The van der Waals surface area contributed by atoms with Crippen LogP contribution in [0.15, 0.2) is 30.6 Å². The molecule has 1 atom stereocenters. The number of likely N-dealkylation sites (N-methyl/N-ethyl adjacent to an activating group) is 1. The number of carbonyl (C=O) groups is 2. The second-order valence-electron chi connectivity index (χ2n) is 7.09. The second kappa shape index (κ2) is 6.56. The van der Waals surface area contributed by atoms with Gasteiger partial charge in [0.15, 0.2) is 0 Å². The number of nitrogens with zero attached hydrogens (tertiary/aromatic N) is 2. The molecule has 0 fully saturated rings. The highest BCUT2D eigenvalue weighted by molar-refractivity contribution is 6.01. The zero-order valence-corrected chi connectivity index (χ0v) is 15.2. The van der Waals surface area contributed by atoms with Crippen molar-refractivity contribution in [3.63, 3.8) is 0 Å². The first-order valence-corrected chi connectivity index (χ1v) is 9.24. The number of amides is 2. The smallest absolute Gasteiger partial charge is 0.231 e. The van der Waals surface area contributed by atoms with E-state index in [1.165, 1.54) is 5.56 Å². The van der Waals surface area contributed by atoms with Gasteiger partial charge in [0.25, 0.3) is 0 Å². The second-order valence-corrected chi connectivity index (χ2v) is 7.09. The number of fused-ring (bicyclic) bond motifs is 2. The fraction of sp³-hybridized carbons (Fsp3) is 0.381. The lowest BCUT2D eigenvalue weighted by atomic mass is 9.84. The molecule has 0 spiro atoms. The number of nitrogens with one attached hydrogen (secondary N) is 1. The molecule has 1 aromatic carbocycles. The van der Waals surface area contributed by atoms with Crippen LogP contribution in [0.4, 0.5) is 5.69 Å². The Morgan fingerprint density at radius 2 is 2.19 bits per heavy atom. The number of pyridine rings is 1. The van der Waals surface area contributed by atoms with E-state index < -0.39 is 0 Å². The number of rotatable bonds is 3. The van der Waals surface area contributed by atoms with Crippen LogP contribution in [0, 0.1) is 0 Å². The predicted octanol–water partition coefficient (Wildman–Crippen LogP) is 3.17. The lowest BCUT2D eigenvalue weighted by Gasteiger charge is -2.28. The minimum atomic E-state index is 0.0392. The summed E-state index contributed by atoms with van der Waals surface area (Å²) >= 11 is 0. The maximum absolute atomic E-state index is 12.0. The van der Waals surface area contributed by atoms with Gasteiger partial charge in [-0.25, -0.2) is 0 Å². The van der Waals surface area contributed by atoms with E-state index in [0.717, 1.165) is 47.2 Å². The fourth-order valence-electron chi connectivity index (χ4n) is 4.03.